The molecule has 0 aliphatic heterocycles. The Balaban J connectivity index is 3.45. The second-order valence-electron chi connectivity index (χ2n) is 25.0. The molecule has 2 atom stereocenters. The van der Waals surface area contributed by atoms with Gasteiger partial charge in [0.25, 0.3) is 0 Å². The van der Waals surface area contributed by atoms with Crippen LogP contribution in [0.4, 0.5) is 0 Å². The number of allylic oxidation sites excluding steroid dienone is 5. The zero-order valence-corrected chi connectivity index (χ0v) is 53.5. The molecular formula is C74H143NO3. The molecule has 0 bridgehead atoms. The van der Waals surface area contributed by atoms with Crippen molar-refractivity contribution in [3.05, 3.63) is 36.5 Å². The Morgan fingerprint density at radius 3 is 0.744 bits per heavy atom. The van der Waals surface area contributed by atoms with Crippen LogP contribution in [0.5, 0.6) is 0 Å². The van der Waals surface area contributed by atoms with Crippen molar-refractivity contribution in [2.24, 2.45) is 0 Å². The summed E-state index contributed by atoms with van der Waals surface area (Å²) in [5.41, 5.74) is 0. The van der Waals surface area contributed by atoms with Crippen molar-refractivity contribution < 1.29 is 15.0 Å². The molecule has 0 radical (unpaired) electrons. The fourth-order valence-corrected chi connectivity index (χ4v) is 11.6. The molecule has 2 unspecified atom stereocenters. The van der Waals surface area contributed by atoms with Crippen LogP contribution in [0.15, 0.2) is 36.5 Å². The average Bonchev–Trinajstić information content (AvgIpc) is 3.44. The molecule has 0 aromatic carbocycles. The molecule has 0 rings (SSSR count). The summed E-state index contributed by atoms with van der Waals surface area (Å²) in [5.74, 6) is -0.0691. The maximum absolute atomic E-state index is 12.5. The summed E-state index contributed by atoms with van der Waals surface area (Å²) in [5, 5.41) is 23.3. The van der Waals surface area contributed by atoms with Crippen LogP contribution in [0.25, 0.3) is 0 Å². The van der Waals surface area contributed by atoms with Crippen molar-refractivity contribution in [1.29, 1.82) is 0 Å². The van der Waals surface area contributed by atoms with Crippen LogP contribution >= 0.6 is 0 Å². The lowest BCUT2D eigenvalue weighted by Crippen LogP contribution is -2.45. The molecule has 0 aromatic heterocycles. The Bertz CT molecular complexity index is 1190. The number of aliphatic hydroxyl groups excluding tert-OH is 2. The van der Waals surface area contributed by atoms with E-state index in [1.165, 1.54) is 353 Å². The molecule has 0 fully saturated rings. The summed E-state index contributed by atoms with van der Waals surface area (Å²) in [6.45, 7) is 4.35. The summed E-state index contributed by atoms with van der Waals surface area (Å²) < 4.78 is 0. The second-order valence-corrected chi connectivity index (χ2v) is 25.0. The largest absolute Gasteiger partial charge is 0.394 e. The Morgan fingerprint density at radius 1 is 0.295 bits per heavy atom. The van der Waals surface area contributed by atoms with Gasteiger partial charge in [-0.05, 0) is 44.9 Å². The molecule has 0 spiro atoms. The third-order valence-corrected chi connectivity index (χ3v) is 17.1. The summed E-state index contributed by atoms with van der Waals surface area (Å²) >= 11 is 0. The smallest absolute Gasteiger partial charge is 0.220 e. The van der Waals surface area contributed by atoms with E-state index in [0.29, 0.717) is 6.42 Å². The third-order valence-electron chi connectivity index (χ3n) is 17.1. The number of amides is 1. The lowest BCUT2D eigenvalue weighted by atomic mass is 10.0. The number of nitrogens with one attached hydrogen (secondary N) is 1. The van der Waals surface area contributed by atoms with E-state index in [1.54, 1.807) is 6.08 Å². The number of hydrogen-bond acceptors (Lipinski definition) is 3. The van der Waals surface area contributed by atoms with Gasteiger partial charge in [0.1, 0.15) is 0 Å². The number of aliphatic hydroxyl groups is 2. The van der Waals surface area contributed by atoms with Crippen molar-refractivity contribution >= 4 is 5.91 Å². The van der Waals surface area contributed by atoms with Crippen LogP contribution in [-0.2, 0) is 4.79 Å². The van der Waals surface area contributed by atoms with Crippen LogP contribution in [0.3, 0.4) is 0 Å². The fraction of sp³-hybridized carbons (Fsp3) is 0.905. The molecule has 1 amide bonds. The molecule has 462 valence electrons. The van der Waals surface area contributed by atoms with Crippen LogP contribution in [0.1, 0.15) is 412 Å². The Morgan fingerprint density at radius 2 is 0.500 bits per heavy atom. The molecule has 0 aliphatic carbocycles. The minimum atomic E-state index is -0.871. The van der Waals surface area contributed by atoms with E-state index < -0.39 is 12.1 Å². The third kappa shape index (κ3) is 65.4. The normalized spacial score (nSPS) is 12.8. The Kier molecular flexibility index (Phi) is 68.6. The fourth-order valence-electron chi connectivity index (χ4n) is 11.6. The van der Waals surface area contributed by atoms with E-state index in [9.17, 15) is 15.0 Å². The van der Waals surface area contributed by atoms with E-state index in [0.717, 1.165) is 38.5 Å². The first-order valence-electron chi connectivity index (χ1n) is 36.2. The minimum absolute atomic E-state index is 0.0691. The second kappa shape index (κ2) is 69.9. The molecule has 78 heavy (non-hydrogen) atoms. The Hall–Kier alpha value is -1.39. The van der Waals surface area contributed by atoms with E-state index in [1.807, 2.05) is 6.08 Å². The van der Waals surface area contributed by atoms with Crippen LogP contribution < -0.4 is 5.32 Å². The van der Waals surface area contributed by atoms with Crippen molar-refractivity contribution in [3.8, 4) is 0 Å². The van der Waals surface area contributed by atoms with Crippen molar-refractivity contribution in [2.45, 2.75) is 424 Å². The highest BCUT2D eigenvalue weighted by molar-refractivity contribution is 5.76. The highest BCUT2D eigenvalue weighted by atomic mass is 16.3. The number of carbonyl (C=O) groups is 1. The highest BCUT2D eigenvalue weighted by Crippen LogP contribution is 2.19. The van der Waals surface area contributed by atoms with Gasteiger partial charge in [-0.1, -0.05) is 397 Å². The molecular weight excluding hydrogens is 951 g/mol. The number of hydrogen-bond donors (Lipinski definition) is 3. The van der Waals surface area contributed by atoms with Gasteiger partial charge in [0, 0.05) is 6.42 Å². The zero-order valence-electron chi connectivity index (χ0n) is 53.5. The molecule has 3 N–H and O–H groups in total. The number of unbranched alkanes of at least 4 members (excludes halogenated alkanes) is 57. The first-order valence-corrected chi connectivity index (χ1v) is 36.2. The molecule has 0 saturated carbocycles. The number of carbonyl (C=O) groups excluding carboxylic acids is 1. The highest BCUT2D eigenvalue weighted by Gasteiger charge is 2.18. The van der Waals surface area contributed by atoms with Crippen LogP contribution in [-0.4, -0.2) is 34.9 Å². The first-order chi connectivity index (χ1) is 38.7. The lowest BCUT2D eigenvalue weighted by Gasteiger charge is -2.19. The standard InChI is InChI=1S/C74H143NO3/c1-3-5-7-9-11-13-15-17-19-21-23-25-27-29-31-33-35-37-39-41-43-45-47-49-51-53-55-57-59-61-63-65-67-69-73(77)72(71-76)75-74(78)70-68-66-64-62-60-58-56-54-52-50-48-46-44-42-40-38-36-34-32-30-28-26-24-22-20-18-16-14-12-10-8-6-4-2/h51,53,59,61,67,69,72-73,76-77H,3-50,52,54-58,60,62-66,68,70-71H2,1-2H3,(H,75,78)/b53-51+,61-59+,69-67+. The van der Waals surface area contributed by atoms with Gasteiger partial charge >= 0.3 is 0 Å². The summed E-state index contributed by atoms with van der Waals surface area (Å²) in [6, 6.07) is -0.646. The zero-order chi connectivity index (χ0) is 56.2. The molecule has 0 aromatic rings. The van der Waals surface area contributed by atoms with Gasteiger partial charge in [-0.3, -0.25) is 4.79 Å². The average molecular weight is 1090 g/mol. The van der Waals surface area contributed by atoms with Crippen molar-refractivity contribution in [2.75, 3.05) is 6.61 Å². The van der Waals surface area contributed by atoms with Gasteiger partial charge < -0.3 is 15.5 Å². The van der Waals surface area contributed by atoms with Gasteiger partial charge in [-0.25, -0.2) is 0 Å². The predicted octanol–water partition coefficient (Wildman–Crippen LogP) is 24.7. The van der Waals surface area contributed by atoms with E-state index >= 15 is 0 Å². The number of rotatable bonds is 68. The topological polar surface area (TPSA) is 69.6 Å². The first kappa shape index (κ1) is 76.6. The van der Waals surface area contributed by atoms with Gasteiger partial charge in [-0.2, -0.15) is 0 Å². The SMILES string of the molecule is CCCCCCCCCCCCCCCCCCCCCCCCC/C=C/CC/C=C/CC/C=C/C(O)C(CO)NC(=O)CCCCCCCCCCCCCCCCCCCCCCCCCCCCCCCCCCC. The predicted molar refractivity (Wildman–Crippen MR) is 350 cm³/mol. The lowest BCUT2D eigenvalue weighted by molar-refractivity contribution is -0.123. The van der Waals surface area contributed by atoms with Crippen LogP contribution in [0, 0.1) is 0 Å². The molecule has 4 nitrogen and oxygen atoms in total. The maximum atomic E-state index is 12.5. The minimum Gasteiger partial charge on any atom is -0.394 e. The molecule has 4 heteroatoms. The van der Waals surface area contributed by atoms with Gasteiger partial charge in [0.15, 0.2) is 0 Å². The van der Waals surface area contributed by atoms with E-state index in [2.05, 4.69) is 43.5 Å². The van der Waals surface area contributed by atoms with Crippen molar-refractivity contribution in [1.82, 2.24) is 5.32 Å². The van der Waals surface area contributed by atoms with Gasteiger partial charge in [-0.15, -0.1) is 0 Å². The Labute approximate surface area is 491 Å². The van der Waals surface area contributed by atoms with Gasteiger partial charge in [0.2, 0.25) is 5.91 Å². The quantitative estimate of drug-likeness (QED) is 0.0420. The monoisotopic (exact) mass is 1090 g/mol. The maximum Gasteiger partial charge on any atom is 0.220 e. The van der Waals surface area contributed by atoms with Crippen LogP contribution in [0.2, 0.25) is 0 Å². The van der Waals surface area contributed by atoms with Crippen molar-refractivity contribution in [3.63, 3.8) is 0 Å². The van der Waals surface area contributed by atoms with E-state index in [-0.39, 0.29) is 12.5 Å². The summed E-state index contributed by atoms with van der Waals surface area (Å²) in [7, 11) is 0. The summed E-state index contributed by atoms with van der Waals surface area (Å²) in [6.07, 6.45) is 96.9. The van der Waals surface area contributed by atoms with E-state index in [4.69, 9.17) is 0 Å². The van der Waals surface area contributed by atoms with Gasteiger partial charge in [0.05, 0.1) is 18.8 Å². The summed E-state index contributed by atoms with van der Waals surface area (Å²) in [4.78, 5) is 12.5. The molecule has 0 saturated heterocycles. The molecule has 0 aliphatic rings. The molecule has 0 heterocycles.